The molecule has 160 valence electrons. The van der Waals surface area contributed by atoms with E-state index < -0.39 is 0 Å². The normalized spacial score (nSPS) is 13.9. The number of halogens is 1. The first-order valence-electron chi connectivity index (χ1n) is 10.1. The van der Waals surface area contributed by atoms with Gasteiger partial charge in [-0.2, -0.15) is 0 Å². The van der Waals surface area contributed by atoms with Crippen molar-refractivity contribution in [3.63, 3.8) is 0 Å². The molecule has 4 rings (SSSR count). The number of Topliss-reactive ketones (excluding diaryl/α,β-unsaturated/α-hetero) is 1. The van der Waals surface area contributed by atoms with Gasteiger partial charge in [0.15, 0.2) is 10.9 Å². The lowest BCUT2D eigenvalue weighted by molar-refractivity contribution is -0.130. The van der Waals surface area contributed by atoms with Crippen LogP contribution in [-0.2, 0) is 11.2 Å². The lowest BCUT2D eigenvalue weighted by Gasteiger charge is -2.36. The van der Waals surface area contributed by atoms with E-state index in [-0.39, 0.29) is 23.9 Å². The monoisotopic (exact) mass is 438 g/mol. The molecule has 1 aliphatic rings. The van der Waals surface area contributed by atoms with Gasteiger partial charge < -0.3 is 15.1 Å². The molecule has 0 saturated carbocycles. The molecule has 3 aromatic rings. The summed E-state index contributed by atoms with van der Waals surface area (Å²) in [6.45, 7) is 4.36. The molecule has 2 heterocycles. The number of ketones is 1. The smallest absolute Gasteiger partial charge is 0.228 e. The van der Waals surface area contributed by atoms with Gasteiger partial charge >= 0.3 is 0 Å². The highest BCUT2D eigenvalue weighted by Crippen LogP contribution is 2.22. The third-order valence-corrected chi connectivity index (χ3v) is 6.06. The van der Waals surface area contributed by atoms with E-state index in [1.807, 2.05) is 34.5 Å². The highest BCUT2D eigenvalue weighted by atomic mass is 32.1. The minimum atomic E-state index is -0.288. The van der Waals surface area contributed by atoms with E-state index in [0.29, 0.717) is 23.8 Å². The van der Waals surface area contributed by atoms with Crippen LogP contribution in [0.4, 0.5) is 20.9 Å². The second kappa shape index (κ2) is 9.26. The number of hydrogen-bond acceptors (Lipinski definition) is 6. The van der Waals surface area contributed by atoms with Crippen LogP contribution in [-0.4, -0.2) is 47.8 Å². The van der Waals surface area contributed by atoms with Crippen LogP contribution in [0.15, 0.2) is 53.9 Å². The first-order chi connectivity index (χ1) is 15.0. The fourth-order valence-corrected chi connectivity index (χ4v) is 4.22. The third-order valence-electron chi connectivity index (χ3n) is 5.25. The van der Waals surface area contributed by atoms with Gasteiger partial charge in [0.1, 0.15) is 5.82 Å². The van der Waals surface area contributed by atoms with E-state index in [4.69, 9.17) is 0 Å². The van der Waals surface area contributed by atoms with E-state index >= 15 is 0 Å². The molecule has 0 radical (unpaired) electrons. The van der Waals surface area contributed by atoms with Crippen molar-refractivity contribution in [1.82, 2.24) is 9.88 Å². The summed E-state index contributed by atoms with van der Waals surface area (Å²) in [5, 5.41) is 5.67. The topological polar surface area (TPSA) is 65.5 Å². The average Bonchev–Trinajstić information content (AvgIpc) is 3.22. The number of nitrogens with one attached hydrogen (secondary N) is 1. The van der Waals surface area contributed by atoms with Crippen LogP contribution in [0.25, 0.3) is 0 Å². The highest BCUT2D eigenvalue weighted by molar-refractivity contribution is 7.13. The predicted molar refractivity (Wildman–Crippen MR) is 121 cm³/mol. The van der Waals surface area contributed by atoms with Crippen LogP contribution < -0.4 is 10.2 Å². The third kappa shape index (κ3) is 5.27. The fraction of sp³-hybridized carbons (Fsp3) is 0.261. The highest BCUT2D eigenvalue weighted by Gasteiger charge is 2.22. The number of anilines is 3. The zero-order chi connectivity index (χ0) is 21.8. The van der Waals surface area contributed by atoms with Crippen molar-refractivity contribution in [2.45, 2.75) is 13.3 Å². The van der Waals surface area contributed by atoms with Crippen LogP contribution in [0.3, 0.4) is 0 Å². The molecule has 0 spiro atoms. The molecule has 0 bridgehead atoms. The van der Waals surface area contributed by atoms with Gasteiger partial charge in [-0.3, -0.25) is 9.59 Å². The van der Waals surface area contributed by atoms with E-state index in [2.05, 4.69) is 15.2 Å². The van der Waals surface area contributed by atoms with E-state index in [0.717, 1.165) is 30.2 Å². The largest absolute Gasteiger partial charge is 0.368 e. The zero-order valence-electron chi connectivity index (χ0n) is 17.2. The van der Waals surface area contributed by atoms with E-state index in [1.54, 1.807) is 19.1 Å². The summed E-state index contributed by atoms with van der Waals surface area (Å²) in [6, 6.07) is 13.7. The van der Waals surface area contributed by atoms with Crippen LogP contribution in [0.5, 0.6) is 0 Å². The van der Waals surface area contributed by atoms with Crippen molar-refractivity contribution in [2.75, 3.05) is 36.4 Å². The molecule has 0 atom stereocenters. The number of hydrogen-bond donors (Lipinski definition) is 1. The van der Waals surface area contributed by atoms with Gasteiger partial charge in [-0.05, 0) is 55.5 Å². The van der Waals surface area contributed by atoms with Crippen molar-refractivity contribution in [3.05, 3.63) is 71.0 Å². The van der Waals surface area contributed by atoms with Gasteiger partial charge in [-0.25, -0.2) is 9.37 Å². The summed E-state index contributed by atoms with van der Waals surface area (Å²) in [4.78, 5) is 32.7. The fourth-order valence-electron chi connectivity index (χ4n) is 3.49. The second-order valence-corrected chi connectivity index (χ2v) is 8.28. The quantitative estimate of drug-likeness (QED) is 0.587. The SMILES string of the molecule is CC(=O)c1ccc(N2CCN(C(=O)Cc3csc(Nc4ccc(F)cc4)n3)CC2)cc1. The predicted octanol–water partition coefficient (Wildman–Crippen LogP) is 4.12. The summed E-state index contributed by atoms with van der Waals surface area (Å²) < 4.78 is 13.0. The molecule has 1 saturated heterocycles. The second-order valence-electron chi connectivity index (χ2n) is 7.42. The summed E-state index contributed by atoms with van der Waals surface area (Å²) in [5.74, 6) is -0.172. The Morgan fingerprint density at radius 2 is 1.71 bits per heavy atom. The minimum Gasteiger partial charge on any atom is -0.368 e. The number of amides is 1. The number of piperazine rings is 1. The molecule has 0 aliphatic carbocycles. The van der Waals surface area contributed by atoms with Crippen molar-refractivity contribution in [3.8, 4) is 0 Å². The summed E-state index contributed by atoms with van der Waals surface area (Å²) in [6.07, 6.45) is 0.259. The Morgan fingerprint density at radius 3 is 2.35 bits per heavy atom. The molecular formula is C23H23FN4O2S. The Balaban J connectivity index is 1.28. The van der Waals surface area contributed by atoms with Crippen molar-refractivity contribution in [1.29, 1.82) is 0 Å². The van der Waals surface area contributed by atoms with Crippen LogP contribution in [0.2, 0.25) is 0 Å². The summed E-state index contributed by atoms with van der Waals surface area (Å²) in [7, 11) is 0. The molecule has 31 heavy (non-hydrogen) atoms. The molecule has 1 fully saturated rings. The standard InChI is InChI=1S/C23H23FN4O2S/c1-16(29)17-2-8-21(9-3-17)27-10-12-28(13-11-27)22(30)14-20-15-31-23(26-20)25-19-6-4-18(24)5-7-19/h2-9,15H,10-14H2,1H3,(H,25,26). The molecule has 1 amide bonds. The van der Waals surface area contributed by atoms with Gasteiger partial charge in [-0.15, -0.1) is 11.3 Å². The molecule has 0 unspecified atom stereocenters. The number of carbonyl (C=O) groups excluding carboxylic acids is 2. The maximum absolute atomic E-state index is 13.0. The summed E-state index contributed by atoms with van der Waals surface area (Å²) in [5.41, 5.74) is 3.24. The molecule has 1 N–H and O–H groups in total. The van der Waals surface area contributed by atoms with Crippen molar-refractivity contribution >= 4 is 39.5 Å². The molecule has 1 aliphatic heterocycles. The Hall–Kier alpha value is -3.26. The van der Waals surface area contributed by atoms with Gasteiger partial charge in [0.2, 0.25) is 5.91 Å². The van der Waals surface area contributed by atoms with Gasteiger partial charge in [0.25, 0.3) is 0 Å². The molecule has 6 nitrogen and oxygen atoms in total. The molecular weight excluding hydrogens is 415 g/mol. The van der Waals surface area contributed by atoms with Gasteiger partial charge in [0, 0.05) is 48.5 Å². The maximum atomic E-state index is 13.0. The molecule has 1 aromatic heterocycles. The number of thiazole rings is 1. The minimum absolute atomic E-state index is 0.0556. The Morgan fingerprint density at radius 1 is 1.03 bits per heavy atom. The number of benzene rings is 2. The van der Waals surface area contributed by atoms with Crippen LogP contribution >= 0.6 is 11.3 Å². The lowest BCUT2D eigenvalue weighted by Crippen LogP contribution is -2.49. The first-order valence-corrected chi connectivity index (χ1v) is 11.0. The van der Waals surface area contributed by atoms with E-state index in [9.17, 15) is 14.0 Å². The van der Waals surface area contributed by atoms with Gasteiger partial charge in [0.05, 0.1) is 12.1 Å². The molecule has 8 heteroatoms. The number of nitrogens with zero attached hydrogens (tertiary/aromatic N) is 3. The number of rotatable bonds is 6. The number of aromatic nitrogens is 1. The average molecular weight is 439 g/mol. The summed E-state index contributed by atoms with van der Waals surface area (Å²) >= 11 is 1.42. The Bertz CT molecular complexity index is 1060. The maximum Gasteiger partial charge on any atom is 0.228 e. The number of carbonyl (C=O) groups is 2. The first kappa shape index (κ1) is 21.0. The van der Waals surface area contributed by atoms with E-state index in [1.165, 1.54) is 23.5 Å². The Kier molecular flexibility index (Phi) is 6.27. The lowest BCUT2D eigenvalue weighted by atomic mass is 10.1. The van der Waals surface area contributed by atoms with Crippen molar-refractivity contribution < 1.29 is 14.0 Å². The van der Waals surface area contributed by atoms with Crippen molar-refractivity contribution in [2.24, 2.45) is 0 Å². The van der Waals surface area contributed by atoms with Gasteiger partial charge in [-0.1, -0.05) is 0 Å². The Labute approximate surface area is 184 Å². The van der Waals surface area contributed by atoms with Crippen LogP contribution in [0.1, 0.15) is 23.0 Å². The molecule has 2 aromatic carbocycles. The zero-order valence-corrected chi connectivity index (χ0v) is 18.0. The van der Waals surface area contributed by atoms with Crippen LogP contribution in [0, 0.1) is 5.82 Å².